The number of hydrogen-bond acceptors (Lipinski definition) is 4. The van der Waals surface area contributed by atoms with Crippen molar-refractivity contribution < 1.29 is 9.53 Å². The fourth-order valence-electron chi connectivity index (χ4n) is 2.43. The minimum absolute atomic E-state index is 0.387. The normalized spacial score (nSPS) is 15.9. The number of nitrogens with one attached hydrogen (secondary N) is 2. The number of amides is 1. The first-order valence-electron chi connectivity index (χ1n) is 7.33. The van der Waals surface area contributed by atoms with E-state index in [1.54, 1.807) is 0 Å². The minimum atomic E-state index is -0.434. The fourth-order valence-corrected chi connectivity index (χ4v) is 2.99. The maximum atomic E-state index is 11.5. The largest absolute Gasteiger partial charge is 0.384 e. The van der Waals surface area contributed by atoms with Gasteiger partial charge in [-0.25, -0.2) is 0 Å². The van der Waals surface area contributed by atoms with Gasteiger partial charge in [-0.2, -0.15) is 0 Å². The molecule has 1 amide bonds. The molecule has 4 N–H and O–H groups in total. The third-order valence-corrected chi connectivity index (χ3v) is 4.20. The quantitative estimate of drug-likeness (QED) is 0.654. The predicted molar refractivity (Wildman–Crippen MR) is 87.6 cm³/mol. The van der Waals surface area contributed by atoms with E-state index in [1.807, 2.05) is 18.2 Å². The highest BCUT2D eigenvalue weighted by Crippen LogP contribution is 2.24. The highest BCUT2D eigenvalue weighted by atomic mass is 79.9. The summed E-state index contributed by atoms with van der Waals surface area (Å²) in [5.41, 5.74) is 6.66. The molecule has 6 heteroatoms. The van der Waals surface area contributed by atoms with Crippen LogP contribution in [0.5, 0.6) is 0 Å². The van der Waals surface area contributed by atoms with Crippen LogP contribution in [0.25, 0.3) is 0 Å². The van der Waals surface area contributed by atoms with Gasteiger partial charge >= 0.3 is 0 Å². The molecule has 1 heterocycles. The summed E-state index contributed by atoms with van der Waals surface area (Å²) in [5.74, 6) is -0.434. The number of halogens is 1. The third-order valence-electron chi connectivity index (χ3n) is 3.54. The topological polar surface area (TPSA) is 76.4 Å². The maximum Gasteiger partial charge on any atom is 0.251 e. The van der Waals surface area contributed by atoms with Crippen molar-refractivity contribution in [3.8, 4) is 0 Å². The Morgan fingerprint density at radius 3 is 2.90 bits per heavy atom. The summed E-state index contributed by atoms with van der Waals surface area (Å²) < 4.78 is 6.56. The van der Waals surface area contributed by atoms with E-state index in [2.05, 4.69) is 26.6 Å². The molecule has 0 saturated carbocycles. The number of hydrogen-bond donors (Lipinski definition) is 3. The first-order chi connectivity index (χ1) is 10.2. The Morgan fingerprint density at radius 2 is 2.19 bits per heavy atom. The Bertz CT molecular complexity index is 476. The Hall–Kier alpha value is -1.11. The second kappa shape index (κ2) is 8.36. The molecular weight excluding hydrogens is 334 g/mol. The van der Waals surface area contributed by atoms with Crippen molar-refractivity contribution in [2.45, 2.75) is 25.4 Å². The van der Waals surface area contributed by atoms with E-state index in [0.29, 0.717) is 16.1 Å². The molecule has 0 radical (unpaired) electrons. The van der Waals surface area contributed by atoms with Crippen LogP contribution < -0.4 is 16.4 Å². The van der Waals surface area contributed by atoms with Crippen LogP contribution in [0.2, 0.25) is 0 Å². The molecule has 1 aliphatic rings. The van der Waals surface area contributed by atoms with Crippen molar-refractivity contribution >= 4 is 27.5 Å². The van der Waals surface area contributed by atoms with E-state index in [4.69, 9.17) is 10.5 Å². The van der Waals surface area contributed by atoms with Gasteiger partial charge in [0.25, 0.3) is 5.91 Å². The molecule has 1 fully saturated rings. The van der Waals surface area contributed by atoms with Gasteiger partial charge in [0.1, 0.15) is 0 Å². The molecule has 2 rings (SSSR count). The Labute approximate surface area is 133 Å². The van der Waals surface area contributed by atoms with Gasteiger partial charge in [-0.05, 0) is 60.4 Å². The van der Waals surface area contributed by atoms with Crippen LogP contribution in [0, 0.1) is 0 Å². The SMILES string of the molecule is NC(=O)c1c(Br)cccc1NCCCOC1CCNCC1. The van der Waals surface area contributed by atoms with E-state index >= 15 is 0 Å². The van der Waals surface area contributed by atoms with Gasteiger partial charge in [-0.15, -0.1) is 0 Å². The molecule has 0 atom stereocenters. The lowest BCUT2D eigenvalue weighted by atomic mass is 10.1. The van der Waals surface area contributed by atoms with Gasteiger partial charge in [0.15, 0.2) is 0 Å². The van der Waals surface area contributed by atoms with Crippen LogP contribution in [0.4, 0.5) is 5.69 Å². The maximum absolute atomic E-state index is 11.5. The summed E-state index contributed by atoms with van der Waals surface area (Å²) in [4.78, 5) is 11.5. The van der Waals surface area contributed by atoms with Crippen molar-refractivity contribution in [2.24, 2.45) is 5.73 Å². The molecule has 0 unspecified atom stereocenters. The van der Waals surface area contributed by atoms with Crippen molar-refractivity contribution in [3.63, 3.8) is 0 Å². The van der Waals surface area contributed by atoms with Crippen molar-refractivity contribution in [3.05, 3.63) is 28.2 Å². The van der Waals surface area contributed by atoms with Gasteiger partial charge in [0, 0.05) is 23.3 Å². The fraction of sp³-hybridized carbons (Fsp3) is 0.533. The first kappa shape index (κ1) is 16.3. The van der Waals surface area contributed by atoms with Crippen molar-refractivity contribution in [2.75, 3.05) is 31.6 Å². The van der Waals surface area contributed by atoms with E-state index < -0.39 is 5.91 Å². The van der Waals surface area contributed by atoms with Gasteiger partial charge in [0.2, 0.25) is 0 Å². The van der Waals surface area contributed by atoms with Crippen LogP contribution in [0.1, 0.15) is 29.6 Å². The van der Waals surface area contributed by atoms with Gasteiger partial charge in [-0.3, -0.25) is 4.79 Å². The molecule has 1 aromatic rings. The Morgan fingerprint density at radius 1 is 1.43 bits per heavy atom. The van der Waals surface area contributed by atoms with Crippen LogP contribution >= 0.6 is 15.9 Å². The third kappa shape index (κ3) is 4.98. The molecular formula is C15H22BrN3O2. The van der Waals surface area contributed by atoms with E-state index in [9.17, 15) is 4.79 Å². The Kier molecular flexibility index (Phi) is 6.48. The summed E-state index contributed by atoms with van der Waals surface area (Å²) in [7, 11) is 0. The predicted octanol–water partition coefficient (Wildman–Crippen LogP) is 2.12. The van der Waals surface area contributed by atoms with E-state index in [1.165, 1.54) is 0 Å². The number of anilines is 1. The number of nitrogens with two attached hydrogens (primary N) is 1. The van der Waals surface area contributed by atoms with Crippen LogP contribution in [-0.2, 0) is 4.74 Å². The standard InChI is InChI=1S/C15H22BrN3O2/c16-12-3-1-4-13(14(12)15(17)20)19-7-2-10-21-11-5-8-18-9-6-11/h1,3-4,11,18-19H,2,5-10H2,(H2,17,20). The number of carbonyl (C=O) groups excluding carboxylic acids is 1. The number of primary amides is 1. The molecule has 116 valence electrons. The van der Waals surface area contributed by atoms with Gasteiger partial charge < -0.3 is 21.1 Å². The summed E-state index contributed by atoms with van der Waals surface area (Å²) in [6.07, 6.45) is 3.46. The monoisotopic (exact) mass is 355 g/mol. The van der Waals surface area contributed by atoms with E-state index in [0.717, 1.165) is 51.2 Å². The lowest BCUT2D eigenvalue weighted by Gasteiger charge is -2.23. The molecule has 21 heavy (non-hydrogen) atoms. The molecule has 0 aliphatic carbocycles. The number of piperidine rings is 1. The second-order valence-electron chi connectivity index (χ2n) is 5.13. The summed E-state index contributed by atoms with van der Waals surface area (Å²) >= 11 is 3.35. The van der Waals surface area contributed by atoms with Crippen molar-refractivity contribution in [1.82, 2.24) is 5.32 Å². The second-order valence-corrected chi connectivity index (χ2v) is 5.98. The lowest BCUT2D eigenvalue weighted by Crippen LogP contribution is -2.32. The summed E-state index contributed by atoms with van der Waals surface area (Å²) in [6, 6.07) is 5.55. The Balaban J connectivity index is 1.73. The average Bonchev–Trinajstić information content (AvgIpc) is 2.47. The van der Waals surface area contributed by atoms with Crippen LogP contribution in [0.3, 0.4) is 0 Å². The highest BCUT2D eigenvalue weighted by Gasteiger charge is 2.13. The molecule has 0 aromatic heterocycles. The summed E-state index contributed by atoms with van der Waals surface area (Å²) in [5, 5.41) is 6.57. The number of ether oxygens (including phenoxy) is 1. The van der Waals surface area contributed by atoms with E-state index in [-0.39, 0.29) is 0 Å². The first-order valence-corrected chi connectivity index (χ1v) is 8.12. The molecule has 1 aromatic carbocycles. The summed E-state index contributed by atoms with van der Waals surface area (Å²) in [6.45, 7) is 3.57. The minimum Gasteiger partial charge on any atom is -0.384 e. The molecule has 5 nitrogen and oxygen atoms in total. The van der Waals surface area contributed by atoms with Crippen LogP contribution in [0.15, 0.2) is 22.7 Å². The lowest BCUT2D eigenvalue weighted by molar-refractivity contribution is 0.0329. The molecule has 1 saturated heterocycles. The zero-order chi connectivity index (χ0) is 15.1. The van der Waals surface area contributed by atoms with Crippen molar-refractivity contribution in [1.29, 1.82) is 0 Å². The molecule has 0 spiro atoms. The average molecular weight is 356 g/mol. The van der Waals surface area contributed by atoms with Gasteiger partial charge in [-0.1, -0.05) is 6.07 Å². The number of benzene rings is 1. The highest BCUT2D eigenvalue weighted by molar-refractivity contribution is 9.10. The zero-order valence-electron chi connectivity index (χ0n) is 12.0. The smallest absolute Gasteiger partial charge is 0.251 e. The zero-order valence-corrected chi connectivity index (χ0v) is 13.6. The molecule has 1 aliphatic heterocycles. The number of carbonyl (C=O) groups is 1. The number of rotatable bonds is 7. The van der Waals surface area contributed by atoms with Crippen LogP contribution in [-0.4, -0.2) is 38.3 Å². The van der Waals surface area contributed by atoms with Gasteiger partial charge in [0.05, 0.1) is 11.7 Å². The molecule has 0 bridgehead atoms.